The number of benzene rings is 2. The van der Waals surface area contributed by atoms with Gasteiger partial charge in [0, 0.05) is 25.1 Å². The number of rotatable bonds is 3. The van der Waals surface area contributed by atoms with Gasteiger partial charge in [-0.15, -0.1) is 0 Å². The minimum atomic E-state index is -0.807. The molecule has 9 heteroatoms. The first-order chi connectivity index (χ1) is 12.8. The molecule has 1 aliphatic rings. The summed E-state index contributed by atoms with van der Waals surface area (Å²) in [7, 11) is 1.30. The molecule has 0 saturated heterocycles. The summed E-state index contributed by atoms with van der Waals surface area (Å²) in [5.41, 5.74) is 10.1. The molecule has 0 aliphatic carbocycles. The van der Waals surface area contributed by atoms with Gasteiger partial charge in [0.1, 0.15) is 6.04 Å². The molecule has 0 unspecified atom stereocenters. The normalized spacial score (nSPS) is 18.6. The molecule has 2 aromatic carbocycles. The molecule has 27 heavy (non-hydrogen) atoms. The summed E-state index contributed by atoms with van der Waals surface area (Å²) in [5, 5.41) is 2.20. The fourth-order valence-corrected chi connectivity index (χ4v) is 4.30. The fourth-order valence-electron chi connectivity index (χ4n) is 3.32. The van der Waals surface area contributed by atoms with Crippen LogP contribution in [0.2, 0.25) is 10.0 Å². The number of urea groups is 1. The number of hydrazine groups is 1. The van der Waals surface area contributed by atoms with Crippen molar-refractivity contribution in [1.82, 2.24) is 5.43 Å². The van der Waals surface area contributed by atoms with Gasteiger partial charge in [0.15, 0.2) is 0 Å². The van der Waals surface area contributed by atoms with Crippen LogP contribution >= 0.6 is 45.8 Å². The third-order valence-corrected chi connectivity index (χ3v) is 5.68. The van der Waals surface area contributed by atoms with Crippen LogP contribution in [0.5, 0.6) is 0 Å². The maximum absolute atomic E-state index is 12.4. The number of nitrogens with two attached hydrogens (primary N) is 1. The number of anilines is 1. The lowest BCUT2D eigenvalue weighted by Crippen LogP contribution is -2.56. The van der Waals surface area contributed by atoms with Crippen molar-refractivity contribution in [2.75, 3.05) is 12.1 Å². The fraction of sp³-hybridized carbons (Fsp3) is 0.222. The average molecular weight is 520 g/mol. The van der Waals surface area contributed by atoms with Gasteiger partial charge in [-0.2, -0.15) is 0 Å². The summed E-state index contributed by atoms with van der Waals surface area (Å²) in [5.74, 6) is -0.683. The van der Waals surface area contributed by atoms with E-state index in [-0.39, 0.29) is 5.92 Å². The van der Waals surface area contributed by atoms with Gasteiger partial charge in [0.2, 0.25) is 0 Å². The molecular formula is C18H16Cl2IN3O3. The van der Waals surface area contributed by atoms with Gasteiger partial charge in [0.25, 0.3) is 0 Å². The number of amides is 2. The first-order valence-electron chi connectivity index (χ1n) is 7.99. The molecule has 3 rings (SSSR count). The molecule has 2 aromatic rings. The van der Waals surface area contributed by atoms with Crippen LogP contribution in [0.25, 0.3) is 0 Å². The number of hydrogen-bond donors (Lipinski definition) is 2. The number of primary amides is 1. The van der Waals surface area contributed by atoms with Crippen molar-refractivity contribution in [3.8, 4) is 0 Å². The summed E-state index contributed by atoms with van der Waals surface area (Å²) in [6, 6.07) is 9.66. The number of carbonyl (C=O) groups excluding carboxylic acids is 2. The Kier molecular flexibility index (Phi) is 6.02. The summed E-state index contributed by atoms with van der Waals surface area (Å²) < 4.78 is 6.03. The molecule has 1 aliphatic heterocycles. The standard InChI is InChI=1S/C18H16Cl2IN3O3/c1-27-17(25)15-8-12(9-2-4-11(21)5-3-9)16-13(20)6-10(19)7-14(16)24(15)23-18(22)26/h2-7,12,15H,8H2,1H3,(H3,22,23,26)/t12-,15-/m1/s1. The lowest BCUT2D eigenvalue weighted by molar-refractivity contribution is -0.142. The molecule has 0 aromatic heterocycles. The predicted octanol–water partition coefficient (Wildman–Crippen LogP) is 4.06. The first-order valence-corrected chi connectivity index (χ1v) is 9.82. The van der Waals surface area contributed by atoms with E-state index >= 15 is 0 Å². The van der Waals surface area contributed by atoms with Crippen molar-refractivity contribution in [3.63, 3.8) is 0 Å². The molecule has 0 bridgehead atoms. The second kappa shape index (κ2) is 8.12. The summed E-state index contributed by atoms with van der Waals surface area (Å²) in [6.07, 6.45) is 0.349. The number of esters is 1. The maximum Gasteiger partial charge on any atom is 0.331 e. The van der Waals surface area contributed by atoms with Crippen LogP contribution in [0.15, 0.2) is 36.4 Å². The molecule has 142 valence electrons. The number of fused-ring (bicyclic) bond motifs is 1. The third-order valence-electron chi connectivity index (χ3n) is 4.43. The van der Waals surface area contributed by atoms with E-state index < -0.39 is 18.0 Å². The van der Waals surface area contributed by atoms with Crippen molar-refractivity contribution >= 4 is 63.5 Å². The Labute approximate surface area is 180 Å². The monoisotopic (exact) mass is 519 g/mol. The number of ether oxygens (including phenoxy) is 1. The summed E-state index contributed by atoms with van der Waals surface area (Å²) >= 11 is 14.9. The SMILES string of the molecule is COC(=O)[C@H]1C[C@H](c2ccc(I)cc2)c2c(Cl)cc(Cl)cc2N1NC(N)=O. The molecule has 0 spiro atoms. The summed E-state index contributed by atoms with van der Waals surface area (Å²) in [6.45, 7) is 0. The van der Waals surface area contributed by atoms with E-state index in [0.29, 0.717) is 22.2 Å². The van der Waals surface area contributed by atoms with Gasteiger partial charge < -0.3 is 10.5 Å². The average Bonchev–Trinajstić information content (AvgIpc) is 2.61. The largest absolute Gasteiger partial charge is 0.467 e. The van der Waals surface area contributed by atoms with Crippen LogP contribution < -0.4 is 16.2 Å². The number of nitrogens with one attached hydrogen (secondary N) is 1. The zero-order valence-electron chi connectivity index (χ0n) is 14.2. The van der Waals surface area contributed by atoms with Crippen LogP contribution in [0.3, 0.4) is 0 Å². The van der Waals surface area contributed by atoms with Crippen LogP contribution in [0.4, 0.5) is 10.5 Å². The van der Waals surface area contributed by atoms with Gasteiger partial charge in [-0.3, -0.25) is 5.01 Å². The van der Waals surface area contributed by atoms with Crippen molar-refractivity contribution in [1.29, 1.82) is 0 Å². The number of carbonyl (C=O) groups is 2. The van der Waals surface area contributed by atoms with E-state index in [2.05, 4.69) is 28.0 Å². The number of methoxy groups -OCH3 is 1. The van der Waals surface area contributed by atoms with Crippen LogP contribution in [-0.4, -0.2) is 25.2 Å². The Morgan fingerprint density at radius 3 is 2.52 bits per heavy atom. The van der Waals surface area contributed by atoms with Crippen molar-refractivity contribution in [2.24, 2.45) is 5.73 Å². The van der Waals surface area contributed by atoms with Gasteiger partial charge in [-0.25, -0.2) is 15.0 Å². The van der Waals surface area contributed by atoms with Gasteiger partial charge in [-0.05, 0) is 58.8 Å². The Morgan fingerprint density at radius 2 is 1.93 bits per heavy atom. The van der Waals surface area contributed by atoms with E-state index in [9.17, 15) is 9.59 Å². The van der Waals surface area contributed by atoms with Crippen LogP contribution in [0.1, 0.15) is 23.5 Å². The lowest BCUT2D eigenvalue weighted by atomic mass is 9.81. The number of halogens is 3. The highest BCUT2D eigenvalue weighted by molar-refractivity contribution is 14.1. The van der Waals surface area contributed by atoms with Crippen LogP contribution in [0, 0.1) is 3.57 Å². The summed E-state index contributed by atoms with van der Waals surface area (Å²) in [4.78, 5) is 24.0. The van der Waals surface area contributed by atoms with Gasteiger partial charge in [0.05, 0.1) is 12.8 Å². The lowest BCUT2D eigenvalue weighted by Gasteiger charge is -2.40. The first kappa shape index (κ1) is 20.0. The second-order valence-electron chi connectivity index (χ2n) is 6.05. The molecule has 3 N–H and O–H groups in total. The molecule has 2 amide bonds. The maximum atomic E-state index is 12.4. The Hall–Kier alpha value is -1.71. The predicted molar refractivity (Wildman–Crippen MR) is 113 cm³/mol. The Morgan fingerprint density at radius 1 is 1.26 bits per heavy atom. The highest BCUT2D eigenvalue weighted by Gasteiger charge is 2.40. The second-order valence-corrected chi connectivity index (χ2v) is 8.13. The zero-order valence-corrected chi connectivity index (χ0v) is 17.9. The quantitative estimate of drug-likeness (QED) is 0.473. The van der Waals surface area contributed by atoms with E-state index in [4.69, 9.17) is 33.7 Å². The smallest absolute Gasteiger partial charge is 0.331 e. The van der Waals surface area contributed by atoms with E-state index in [1.807, 2.05) is 24.3 Å². The molecule has 6 nitrogen and oxygen atoms in total. The molecule has 1 heterocycles. The molecule has 2 atom stereocenters. The Bertz CT molecular complexity index is 892. The van der Waals surface area contributed by atoms with E-state index in [1.54, 1.807) is 12.1 Å². The van der Waals surface area contributed by atoms with E-state index in [0.717, 1.165) is 14.7 Å². The minimum Gasteiger partial charge on any atom is -0.467 e. The van der Waals surface area contributed by atoms with Crippen LogP contribution in [-0.2, 0) is 9.53 Å². The minimum absolute atomic E-state index is 0.184. The molecular weight excluding hydrogens is 504 g/mol. The topological polar surface area (TPSA) is 84.7 Å². The number of hydrogen-bond acceptors (Lipinski definition) is 4. The van der Waals surface area contributed by atoms with Crippen molar-refractivity contribution < 1.29 is 14.3 Å². The highest BCUT2D eigenvalue weighted by Crippen LogP contribution is 2.46. The third kappa shape index (κ3) is 4.09. The Balaban J connectivity index is 2.20. The highest BCUT2D eigenvalue weighted by atomic mass is 127. The zero-order chi connectivity index (χ0) is 19.7. The molecule has 0 fully saturated rings. The van der Waals surface area contributed by atoms with E-state index in [1.165, 1.54) is 12.1 Å². The molecule has 0 radical (unpaired) electrons. The van der Waals surface area contributed by atoms with Crippen molar-refractivity contribution in [3.05, 3.63) is 61.1 Å². The van der Waals surface area contributed by atoms with Gasteiger partial charge >= 0.3 is 12.0 Å². The molecule has 0 saturated carbocycles. The van der Waals surface area contributed by atoms with Crippen molar-refractivity contribution in [2.45, 2.75) is 18.4 Å². The number of nitrogens with zero attached hydrogens (tertiary/aromatic N) is 1. The van der Waals surface area contributed by atoms with Gasteiger partial charge in [-0.1, -0.05) is 35.3 Å².